The van der Waals surface area contributed by atoms with Crippen LogP contribution in [-0.2, 0) is 28.5 Å². The summed E-state index contributed by atoms with van der Waals surface area (Å²) in [7, 11) is 1.90. The molecule has 1 aromatic carbocycles. The maximum absolute atomic E-state index is 13.3. The van der Waals surface area contributed by atoms with Crippen molar-refractivity contribution in [2.45, 2.75) is 24.3 Å². The first kappa shape index (κ1) is 17.6. The molecular formula is C22H21N5O2. The van der Waals surface area contributed by atoms with Crippen molar-refractivity contribution in [2.24, 2.45) is 7.05 Å². The highest BCUT2D eigenvalue weighted by atomic mass is 16.2. The Morgan fingerprint density at radius 2 is 2.10 bits per heavy atom. The van der Waals surface area contributed by atoms with Crippen LogP contribution in [-0.4, -0.2) is 37.8 Å². The van der Waals surface area contributed by atoms with Gasteiger partial charge in [0, 0.05) is 44.1 Å². The number of carbonyl (C=O) groups is 2. The van der Waals surface area contributed by atoms with E-state index < -0.39 is 11.5 Å². The molecule has 7 heteroatoms. The van der Waals surface area contributed by atoms with Gasteiger partial charge in [0.25, 0.3) is 0 Å². The van der Waals surface area contributed by atoms with Crippen LogP contribution in [0.25, 0.3) is 0 Å². The third kappa shape index (κ3) is 2.57. The normalized spacial score (nSPS) is 22.7. The van der Waals surface area contributed by atoms with Crippen LogP contribution in [0.5, 0.6) is 0 Å². The van der Waals surface area contributed by atoms with E-state index >= 15 is 0 Å². The number of nitrogens with one attached hydrogen (secondary N) is 1. The lowest BCUT2D eigenvalue weighted by molar-refractivity contribution is -0.133. The SMILES string of the molecule is Cn1ccnc1[C@@H]1N(C(=O)Cc2cccnc2)CC[C@]12C(=O)Nc1ccccc12. The standard InChI is InChI=1S/C22H21N5O2/c1-26-12-10-24-20(26)19-22(16-6-2-3-7-17(16)25-21(22)29)8-11-27(19)18(28)13-15-5-4-9-23-14-15/h2-7,9-10,12,14,19H,8,11,13H2,1H3,(H,25,29)/t19-,22+/m0/s1. The van der Waals surface area contributed by atoms with Gasteiger partial charge in [0.05, 0.1) is 6.42 Å². The second-order valence-corrected chi connectivity index (χ2v) is 7.65. The minimum atomic E-state index is -0.833. The average molecular weight is 387 g/mol. The minimum Gasteiger partial charge on any atom is -0.336 e. The van der Waals surface area contributed by atoms with Gasteiger partial charge >= 0.3 is 0 Å². The first-order chi connectivity index (χ1) is 14.1. The number of aryl methyl sites for hydroxylation is 1. The number of rotatable bonds is 3. The molecule has 1 spiro atoms. The number of amides is 2. The smallest absolute Gasteiger partial charge is 0.237 e. The van der Waals surface area contributed by atoms with Crippen molar-refractivity contribution >= 4 is 17.5 Å². The van der Waals surface area contributed by atoms with Crippen LogP contribution in [0, 0.1) is 0 Å². The molecule has 4 heterocycles. The molecule has 0 aliphatic carbocycles. The first-order valence-electron chi connectivity index (χ1n) is 9.68. The van der Waals surface area contributed by atoms with Gasteiger partial charge in [0.15, 0.2) is 0 Å². The zero-order valence-electron chi connectivity index (χ0n) is 16.1. The van der Waals surface area contributed by atoms with Gasteiger partial charge in [-0.2, -0.15) is 0 Å². The number of imidazole rings is 1. The van der Waals surface area contributed by atoms with Crippen molar-refractivity contribution in [3.8, 4) is 0 Å². The average Bonchev–Trinajstić information content (AvgIpc) is 3.40. The lowest BCUT2D eigenvalue weighted by Gasteiger charge is -2.33. The van der Waals surface area contributed by atoms with Crippen LogP contribution in [0.4, 0.5) is 5.69 Å². The molecule has 29 heavy (non-hydrogen) atoms. The largest absolute Gasteiger partial charge is 0.336 e. The van der Waals surface area contributed by atoms with E-state index in [1.807, 2.05) is 59.1 Å². The Labute approximate surface area is 168 Å². The van der Waals surface area contributed by atoms with Crippen LogP contribution in [0.1, 0.15) is 29.4 Å². The van der Waals surface area contributed by atoms with E-state index in [0.29, 0.717) is 18.8 Å². The van der Waals surface area contributed by atoms with Crippen LogP contribution in [0.3, 0.4) is 0 Å². The fraction of sp³-hybridized carbons (Fsp3) is 0.273. The number of fused-ring (bicyclic) bond motifs is 2. The lowest BCUT2D eigenvalue weighted by Crippen LogP contribution is -2.44. The van der Waals surface area contributed by atoms with E-state index in [2.05, 4.69) is 15.3 Å². The molecule has 3 aromatic rings. The molecule has 1 N–H and O–H groups in total. The molecule has 1 saturated heterocycles. The van der Waals surface area contributed by atoms with Gasteiger partial charge in [-0.3, -0.25) is 14.6 Å². The fourth-order valence-corrected chi connectivity index (χ4v) is 4.73. The van der Waals surface area contributed by atoms with Crippen molar-refractivity contribution in [1.82, 2.24) is 19.4 Å². The third-order valence-corrected chi connectivity index (χ3v) is 6.09. The van der Waals surface area contributed by atoms with E-state index in [9.17, 15) is 9.59 Å². The predicted molar refractivity (Wildman–Crippen MR) is 107 cm³/mol. The van der Waals surface area contributed by atoms with E-state index in [0.717, 1.165) is 16.8 Å². The number of para-hydroxylation sites is 1. The Kier molecular flexibility index (Phi) is 3.97. The molecule has 0 radical (unpaired) electrons. The van der Waals surface area contributed by atoms with Gasteiger partial charge in [-0.15, -0.1) is 0 Å². The molecule has 1 fully saturated rings. The van der Waals surface area contributed by atoms with Crippen molar-refractivity contribution in [3.63, 3.8) is 0 Å². The number of likely N-dealkylation sites (tertiary alicyclic amines) is 1. The predicted octanol–water partition coefficient (Wildman–Crippen LogP) is 2.22. The highest BCUT2D eigenvalue weighted by Gasteiger charge is 2.60. The molecule has 0 saturated carbocycles. The number of benzene rings is 1. The van der Waals surface area contributed by atoms with Crippen LogP contribution < -0.4 is 5.32 Å². The Balaban J connectivity index is 1.60. The van der Waals surface area contributed by atoms with E-state index in [4.69, 9.17) is 0 Å². The van der Waals surface area contributed by atoms with Gasteiger partial charge in [0.2, 0.25) is 11.8 Å². The Morgan fingerprint density at radius 1 is 1.24 bits per heavy atom. The van der Waals surface area contributed by atoms with Gasteiger partial charge in [-0.1, -0.05) is 24.3 Å². The summed E-state index contributed by atoms with van der Waals surface area (Å²) >= 11 is 0. The van der Waals surface area contributed by atoms with Gasteiger partial charge in [-0.05, 0) is 29.7 Å². The summed E-state index contributed by atoms with van der Waals surface area (Å²) < 4.78 is 1.90. The van der Waals surface area contributed by atoms with Crippen molar-refractivity contribution < 1.29 is 9.59 Å². The fourth-order valence-electron chi connectivity index (χ4n) is 4.73. The second-order valence-electron chi connectivity index (χ2n) is 7.65. The summed E-state index contributed by atoms with van der Waals surface area (Å²) in [6, 6.07) is 11.0. The number of hydrogen-bond acceptors (Lipinski definition) is 4. The molecule has 146 valence electrons. The topological polar surface area (TPSA) is 80.1 Å². The molecule has 0 unspecified atom stereocenters. The van der Waals surface area contributed by atoms with Crippen LogP contribution in [0.2, 0.25) is 0 Å². The molecule has 2 aliphatic rings. The number of carbonyl (C=O) groups excluding carboxylic acids is 2. The molecule has 2 atom stereocenters. The molecule has 5 rings (SSSR count). The Bertz CT molecular complexity index is 1090. The summed E-state index contributed by atoms with van der Waals surface area (Å²) in [5.41, 5.74) is 1.78. The monoisotopic (exact) mass is 387 g/mol. The van der Waals surface area contributed by atoms with Crippen LogP contribution >= 0.6 is 0 Å². The second kappa shape index (κ2) is 6.55. The Morgan fingerprint density at radius 3 is 2.86 bits per heavy atom. The van der Waals surface area contributed by atoms with Crippen LogP contribution in [0.15, 0.2) is 61.2 Å². The van der Waals surface area contributed by atoms with Crippen molar-refractivity contribution in [1.29, 1.82) is 0 Å². The van der Waals surface area contributed by atoms with Crippen molar-refractivity contribution in [3.05, 3.63) is 78.1 Å². The van der Waals surface area contributed by atoms with E-state index in [1.165, 1.54) is 0 Å². The Hall–Kier alpha value is -3.48. The number of nitrogens with zero attached hydrogens (tertiary/aromatic N) is 4. The van der Waals surface area contributed by atoms with Gasteiger partial charge < -0.3 is 14.8 Å². The summed E-state index contributed by atoms with van der Waals surface area (Å²) in [6.45, 7) is 0.498. The summed E-state index contributed by atoms with van der Waals surface area (Å²) in [5.74, 6) is 0.623. The summed E-state index contributed by atoms with van der Waals surface area (Å²) in [4.78, 5) is 37.1. The number of aromatic nitrogens is 3. The zero-order valence-corrected chi connectivity index (χ0v) is 16.1. The molecule has 0 bridgehead atoms. The van der Waals surface area contributed by atoms with Crippen molar-refractivity contribution in [2.75, 3.05) is 11.9 Å². The number of pyridine rings is 1. The summed E-state index contributed by atoms with van der Waals surface area (Å²) in [6.07, 6.45) is 7.76. The first-order valence-corrected chi connectivity index (χ1v) is 9.68. The molecular weight excluding hydrogens is 366 g/mol. The number of hydrogen-bond donors (Lipinski definition) is 1. The van der Waals surface area contributed by atoms with Gasteiger partial charge in [-0.25, -0.2) is 4.98 Å². The lowest BCUT2D eigenvalue weighted by atomic mass is 9.74. The molecule has 2 aliphatic heterocycles. The maximum Gasteiger partial charge on any atom is 0.237 e. The minimum absolute atomic E-state index is 0.0277. The summed E-state index contributed by atoms with van der Waals surface area (Å²) in [5, 5.41) is 3.03. The molecule has 7 nitrogen and oxygen atoms in total. The maximum atomic E-state index is 13.3. The van der Waals surface area contributed by atoms with E-state index in [-0.39, 0.29) is 18.2 Å². The van der Waals surface area contributed by atoms with E-state index in [1.54, 1.807) is 18.6 Å². The zero-order chi connectivity index (χ0) is 20.0. The quantitative estimate of drug-likeness (QED) is 0.747. The molecule has 2 amide bonds. The third-order valence-electron chi connectivity index (χ3n) is 6.09. The van der Waals surface area contributed by atoms with Gasteiger partial charge in [0.1, 0.15) is 17.3 Å². The molecule has 2 aromatic heterocycles. The highest BCUT2D eigenvalue weighted by molar-refractivity contribution is 6.07. The number of anilines is 1. The highest BCUT2D eigenvalue weighted by Crippen LogP contribution is 2.54.